The monoisotopic (exact) mass is 440 g/mol. The molecule has 0 spiro atoms. The van der Waals surface area contributed by atoms with E-state index < -0.39 is 5.41 Å². The van der Waals surface area contributed by atoms with Crippen molar-refractivity contribution in [3.8, 4) is 23.0 Å². The quantitative estimate of drug-likeness (QED) is 0.398. The minimum Gasteiger partial charge on any atom is -0.493 e. The predicted octanol–water partition coefficient (Wildman–Crippen LogP) is 5.71. The van der Waals surface area contributed by atoms with Crippen LogP contribution in [0.3, 0.4) is 0 Å². The summed E-state index contributed by atoms with van der Waals surface area (Å²) in [5.41, 5.74) is 2.14. The van der Waals surface area contributed by atoms with Crippen LogP contribution in [0.4, 0.5) is 5.69 Å². The van der Waals surface area contributed by atoms with Crippen molar-refractivity contribution in [2.75, 3.05) is 19.5 Å². The van der Waals surface area contributed by atoms with Gasteiger partial charge >= 0.3 is 0 Å². The number of pyridine rings is 1. The Morgan fingerprint density at radius 1 is 0.879 bits per heavy atom. The Kier molecular flexibility index (Phi) is 5.34. The van der Waals surface area contributed by atoms with Gasteiger partial charge in [0.2, 0.25) is 5.91 Å². The van der Waals surface area contributed by atoms with Crippen molar-refractivity contribution >= 4 is 22.5 Å². The van der Waals surface area contributed by atoms with Gasteiger partial charge < -0.3 is 19.5 Å². The second kappa shape index (κ2) is 8.47. The van der Waals surface area contributed by atoms with Gasteiger partial charge in [-0.15, -0.1) is 0 Å². The van der Waals surface area contributed by atoms with Gasteiger partial charge in [-0.05, 0) is 54.8 Å². The van der Waals surface area contributed by atoms with Gasteiger partial charge in [0.25, 0.3) is 0 Å². The first-order chi connectivity index (χ1) is 16.1. The van der Waals surface area contributed by atoms with Crippen LogP contribution in [0.5, 0.6) is 23.0 Å². The topological polar surface area (TPSA) is 69.7 Å². The van der Waals surface area contributed by atoms with E-state index >= 15 is 0 Å². The summed E-state index contributed by atoms with van der Waals surface area (Å²) in [4.78, 5) is 17.4. The predicted molar refractivity (Wildman–Crippen MR) is 127 cm³/mol. The van der Waals surface area contributed by atoms with Crippen LogP contribution in [0.1, 0.15) is 18.4 Å². The van der Waals surface area contributed by atoms with Crippen molar-refractivity contribution in [2.45, 2.75) is 18.3 Å². The van der Waals surface area contributed by atoms with E-state index in [9.17, 15) is 4.79 Å². The van der Waals surface area contributed by atoms with E-state index in [1.165, 1.54) is 0 Å². The van der Waals surface area contributed by atoms with Gasteiger partial charge in [-0.1, -0.05) is 30.3 Å². The third-order valence-corrected chi connectivity index (χ3v) is 6.06. The molecule has 1 aliphatic carbocycles. The average Bonchev–Trinajstić information content (AvgIpc) is 3.67. The number of hydrogen-bond acceptors (Lipinski definition) is 5. The zero-order valence-electron chi connectivity index (χ0n) is 18.5. The van der Waals surface area contributed by atoms with Crippen molar-refractivity contribution in [2.24, 2.45) is 0 Å². The van der Waals surface area contributed by atoms with Crippen LogP contribution in [-0.4, -0.2) is 25.1 Å². The highest BCUT2D eigenvalue weighted by Gasteiger charge is 2.51. The Bertz CT molecular complexity index is 1300. The molecule has 0 radical (unpaired) electrons. The first kappa shape index (κ1) is 20.8. The standard InChI is InChI=1S/C27H24N2O4/c1-31-24-16-21-22(17-25(24)32-2)28-15-12-23(21)33-20-10-8-19(9-11-20)29-26(30)27(13-14-27)18-6-4-3-5-7-18/h3-12,15-17H,13-14H2,1-2H3,(H,29,30). The van der Waals surface area contributed by atoms with Gasteiger partial charge in [-0.2, -0.15) is 0 Å². The second-order valence-electron chi connectivity index (χ2n) is 8.06. The summed E-state index contributed by atoms with van der Waals surface area (Å²) in [6, 6.07) is 22.8. The second-order valence-corrected chi connectivity index (χ2v) is 8.06. The smallest absolute Gasteiger partial charge is 0.235 e. The third kappa shape index (κ3) is 3.96. The summed E-state index contributed by atoms with van der Waals surface area (Å²) >= 11 is 0. The fourth-order valence-electron chi connectivity index (χ4n) is 4.05. The molecule has 5 rings (SSSR count). The molecule has 166 valence electrons. The normalized spacial score (nSPS) is 13.9. The number of rotatable bonds is 7. The molecule has 0 aliphatic heterocycles. The number of methoxy groups -OCH3 is 2. The van der Waals surface area contributed by atoms with Gasteiger partial charge in [-0.25, -0.2) is 0 Å². The van der Waals surface area contributed by atoms with E-state index in [0.717, 1.165) is 35.0 Å². The van der Waals surface area contributed by atoms with Gasteiger partial charge in [0, 0.05) is 23.3 Å². The van der Waals surface area contributed by atoms with E-state index in [2.05, 4.69) is 10.3 Å². The van der Waals surface area contributed by atoms with Crippen LogP contribution in [0.15, 0.2) is 79.0 Å². The molecule has 1 amide bonds. The lowest BCUT2D eigenvalue weighted by Gasteiger charge is -2.16. The van der Waals surface area contributed by atoms with Crippen molar-refractivity contribution in [3.63, 3.8) is 0 Å². The zero-order chi connectivity index (χ0) is 22.8. The molecular weight excluding hydrogens is 416 g/mol. The molecule has 0 atom stereocenters. The fourth-order valence-corrected chi connectivity index (χ4v) is 4.05. The minimum absolute atomic E-state index is 0.0311. The summed E-state index contributed by atoms with van der Waals surface area (Å²) in [6.45, 7) is 0. The minimum atomic E-state index is -0.410. The average molecular weight is 440 g/mol. The van der Waals surface area contributed by atoms with Crippen LogP contribution in [0.2, 0.25) is 0 Å². The molecule has 6 nitrogen and oxygen atoms in total. The van der Waals surface area contributed by atoms with E-state index in [-0.39, 0.29) is 5.91 Å². The number of ether oxygens (including phenoxy) is 3. The molecule has 1 saturated carbocycles. The SMILES string of the molecule is COc1cc2nccc(Oc3ccc(NC(=O)C4(c5ccccc5)CC4)cc3)c2cc1OC. The summed E-state index contributed by atoms with van der Waals surface area (Å²) in [6.07, 6.45) is 3.43. The molecule has 0 unspecified atom stereocenters. The number of nitrogens with zero attached hydrogens (tertiary/aromatic N) is 1. The van der Waals surface area contributed by atoms with Gasteiger partial charge in [0.05, 0.1) is 25.2 Å². The number of carbonyl (C=O) groups is 1. The van der Waals surface area contributed by atoms with E-state index in [4.69, 9.17) is 14.2 Å². The van der Waals surface area contributed by atoms with Crippen molar-refractivity contribution in [1.29, 1.82) is 0 Å². The van der Waals surface area contributed by atoms with Crippen molar-refractivity contribution in [1.82, 2.24) is 4.98 Å². The third-order valence-electron chi connectivity index (χ3n) is 6.06. The number of amides is 1. The van der Waals surface area contributed by atoms with E-state index in [1.54, 1.807) is 26.5 Å². The lowest BCUT2D eigenvalue weighted by Crippen LogP contribution is -2.27. The molecule has 0 saturated heterocycles. The molecule has 1 aliphatic rings. The molecule has 1 heterocycles. The zero-order valence-corrected chi connectivity index (χ0v) is 18.5. The number of hydrogen-bond donors (Lipinski definition) is 1. The largest absolute Gasteiger partial charge is 0.493 e. The van der Waals surface area contributed by atoms with E-state index in [1.807, 2.05) is 66.7 Å². The van der Waals surface area contributed by atoms with Gasteiger partial charge in [0.15, 0.2) is 11.5 Å². The summed E-state index contributed by atoms with van der Waals surface area (Å²) < 4.78 is 16.9. The van der Waals surface area contributed by atoms with Crippen LogP contribution in [0.25, 0.3) is 10.9 Å². The first-order valence-corrected chi connectivity index (χ1v) is 10.8. The summed E-state index contributed by atoms with van der Waals surface area (Å²) in [7, 11) is 3.19. The molecule has 1 N–H and O–H groups in total. The maximum Gasteiger partial charge on any atom is 0.235 e. The molecule has 1 fully saturated rings. The summed E-state index contributed by atoms with van der Waals surface area (Å²) in [5, 5.41) is 3.87. The highest BCUT2D eigenvalue weighted by Crippen LogP contribution is 2.49. The number of anilines is 1. The molecule has 1 aromatic heterocycles. The first-order valence-electron chi connectivity index (χ1n) is 10.8. The molecule has 6 heteroatoms. The number of carbonyl (C=O) groups excluding carboxylic acids is 1. The molecule has 0 bridgehead atoms. The Morgan fingerprint density at radius 3 is 2.24 bits per heavy atom. The molecule has 4 aromatic rings. The highest BCUT2D eigenvalue weighted by molar-refractivity contribution is 6.01. The molecule has 33 heavy (non-hydrogen) atoms. The van der Waals surface area contributed by atoms with Crippen molar-refractivity contribution in [3.05, 3.63) is 84.6 Å². The van der Waals surface area contributed by atoms with Crippen LogP contribution < -0.4 is 19.5 Å². The summed E-state index contributed by atoms with van der Waals surface area (Å²) in [5.74, 6) is 2.55. The lowest BCUT2D eigenvalue weighted by atomic mass is 9.95. The maximum atomic E-state index is 13.0. The number of fused-ring (bicyclic) bond motifs is 1. The Balaban J connectivity index is 1.34. The molecule has 3 aromatic carbocycles. The number of benzene rings is 3. The molecular formula is C27H24N2O4. The maximum absolute atomic E-state index is 13.0. The van der Waals surface area contributed by atoms with Gasteiger partial charge in [0.1, 0.15) is 11.5 Å². The van der Waals surface area contributed by atoms with Crippen LogP contribution >= 0.6 is 0 Å². The van der Waals surface area contributed by atoms with E-state index in [0.29, 0.717) is 23.0 Å². The Morgan fingerprint density at radius 2 is 1.58 bits per heavy atom. The van der Waals surface area contributed by atoms with Crippen LogP contribution in [-0.2, 0) is 10.2 Å². The number of aromatic nitrogens is 1. The Labute approximate surface area is 192 Å². The van der Waals surface area contributed by atoms with Crippen LogP contribution in [0, 0.1) is 0 Å². The highest BCUT2D eigenvalue weighted by atomic mass is 16.5. The van der Waals surface area contributed by atoms with Crippen molar-refractivity contribution < 1.29 is 19.0 Å². The fraction of sp³-hybridized carbons (Fsp3) is 0.185. The lowest BCUT2D eigenvalue weighted by molar-refractivity contribution is -0.118. The Hall–Kier alpha value is -4.06. The van der Waals surface area contributed by atoms with Gasteiger partial charge in [-0.3, -0.25) is 9.78 Å². The number of nitrogens with one attached hydrogen (secondary N) is 1.